The van der Waals surface area contributed by atoms with Crippen LogP contribution in [0.5, 0.6) is 0 Å². The second-order valence-corrected chi connectivity index (χ2v) is 7.38. The normalized spacial score (nSPS) is 15.8. The van der Waals surface area contributed by atoms with Gasteiger partial charge in [0.25, 0.3) is 0 Å². The Balaban J connectivity index is 0.00000300. The second kappa shape index (κ2) is 10.6. The minimum Gasteiger partial charge on any atom is -0.465 e. The number of hydrogen-bond donors (Lipinski definition) is 1. The van der Waals surface area contributed by atoms with Crippen molar-refractivity contribution >= 4 is 41.6 Å². The number of rotatable bonds is 6. The van der Waals surface area contributed by atoms with Crippen molar-refractivity contribution in [2.24, 2.45) is 0 Å². The third-order valence-corrected chi connectivity index (χ3v) is 5.55. The van der Waals surface area contributed by atoms with Crippen LogP contribution in [0.2, 0.25) is 5.02 Å². The number of anilines is 1. The van der Waals surface area contributed by atoms with Crippen LogP contribution >= 0.6 is 24.0 Å². The number of halogens is 2. The van der Waals surface area contributed by atoms with Crippen molar-refractivity contribution in [1.29, 1.82) is 0 Å². The standard InChI is InChI=1S/C22H25ClN2O3.ClH/c1-2-28-21(27)22(17-8-4-3-5-9-17)12-14-25(15-13-22)16-20(26)24-19-11-7-6-10-18(19)23;/h3-11H,2,12-16H2,1H3,(H,24,26);1H. The Morgan fingerprint density at radius 2 is 1.69 bits per heavy atom. The first kappa shape index (κ1) is 23.2. The van der Waals surface area contributed by atoms with Crippen LogP contribution in [0.25, 0.3) is 0 Å². The highest BCUT2D eigenvalue weighted by molar-refractivity contribution is 6.33. The van der Waals surface area contributed by atoms with E-state index in [1.54, 1.807) is 12.1 Å². The van der Waals surface area contributed by atoms with Crippen molar-refractivity contribution in [3.63, 3.8) is 0 Å². The number of hydrogen-bond acceptors (Lipinski definition) is 4. The third kappa shape index (κ3) is 5.50. The monoisotopic (exact) mass is 436 g/mol. The lowest BCUT2D eigenvalue weighted by Crippen LogP contribution is -2.49. The third-order valence-electron chi connectivity index (χ3n) is 5.22. The fourth-order valence-corrected chi connectivity index (χ4v) is 3.87. The molecule has 156 valence electrons. The van der Waals surface area contributed by atoms with Crippen LogP contribution in [0.1, 0.15) is 25.3 Å². The molecule has 0 aliphatic carbocycles. The molecule has 2 aromatic carbocycles. The average Bonchev–Trinajstić information content (AvgIpc) is 2.71. The van der Waals surface area contributed by atoms with E-state index in [0.717, 1.165) is 5.56 Å². The van der Waals surface area contributed by atoms with Crippen molar-refractivity contribution in [2.45, 2.75) is 25.2 Å². The molecule has 0 saturated carbocycles. The van der Waals surface area contributed by atoms with E-state index in [2.05, 4.69) is 10.2 Å². The van der Waals surface area contributed by atoms with E-state index in [9.17, 15) is 9.59 Å². The molecule has 0 radical (unpaired) electrons. The summed E-state index contributed by atoms with van der Waals surface area (Å²) >= 11 is 6.10. The lowest BCUT2D eigenvalue weighted by Gasteiger charge is -2.40. The number of para-hydroxylation sites is 1. The van der Waals surface area contributed by atoms with Crippen molar-refractivity contribution in [3.8, 4) is 0 Å². The quantitative estimate of drug-likeness (QED) is 0.685. The van der Waals surface area contributed by atoms with Gasteiger partial charge in [0.2, 0.25) is 5.91 Å². The fraction of sp³-hybridized carbons (Fsp3) is 0.364. The first-order valence-electron chi connectivity index (χ1n) is 9.54. The summed E-state index contributed by atoms with van der Waals surface area (Å²) in [5.74, 6) is -0.294. The number of ether oxygens (including phenoxy) is 1. The molecular formula is C22H26Cl2N2O3. The molecular weight excluding hydrogens is 411 g/mol. The largest absolute Gasteiger partial charge is 0.465 e. The predicted molar refractivity (Wildman–Crippen MR) is 118 cm³/mol. The van der Waals surface area contributed by atoms with E-state index in [0.29, 0.717) is 43.2 Å². The molecule has 3 rings (SSSR count). The van der Waals surface area contributed by atoms with Crippen molar-refractivity contribution in [1.82, 2.24) is 4.90 Å². The smallest absolute Gasteiger partial charge is 0.316 e. The van der Waals surface area contributed by atoms with Crippen molar-refractivity contribution < 1.29 is 14.3 Å². The zero-order valence-corrected chi connectivity index (χ0v) is 18.0. The summed E-state index contributed by atoms with van der Waals surface area (Å²) in [5, 5.41) is 3.36. The summed E-state index contributed by atoms with van der Waals surface area (Å²) in [5.41, 5.74) is 0.942. The van der Waals surface area contributed by atoms with Crippen LogP contribution in [-0.4, -0.2) is 43.0 Å². The van der Waals surface area contributed by atoms with E-state index in [1.165, 1.54) is 0 Å². The van der Waals surface area contributed by atoms with Gasteiger partial charge in [0.05, 0.1) is 29.3 Å². The van der Waals surface area contributed by atoms with E-state index < -0.39 is 5.41 Å². The van der Waals surface area contributed by atoms with Gasteiger partial charge >= 0.3 is 5.97 Å². The summed E-state index contributed by atoms with van der Waals surface area (Å²) in [7, 11) is 0. The number of carbonyl (C=O) groups is 2. The number of esters is 1. The van der Waals surface area contributed by atoms with E-state index >= 15 is 0 Å². The van der Waals surface area contributed by atoms with Crippen LogP contribution in [0.15, 0.2) is 54.6 Å². The van der Waals surface area contributed by atoms with Gasteiger partial charge in [0.15, 0.2) is 0 Å². The van der Waals surface area contributed by atoms with E-state index in [1.807, 2.05) is 49.4 Å². The van der Waals surface area contributed by atoms with Gasteiger partial charge in [-0.15, -0.1) is 12.4 Å². The van der Waals surface area contributed by atoms with Gasteiger partial charge in [-0.25, -0.2) is 0 Å². The van der Waals surface area contributed by atoms with Gasteiger partial charge in [-0.3, -0.25) is 14.5 Å². The highest BCUT2D eigenvalue weighted by Crippen LogP contribution is 2.37. The molecule has 2 aromatic rings. The molecule has 1 amide bonds. The van der Waals surface area contributed by atoms with Gasteiger partial charge in [0, 0.05) is 13.1 Å². The van der Waals surface area contributed by atoms with E-state index in [4.69, 9.17) is 16.3 Å². The first-order valence-corrected chi connectivity index (χ1v) is 9.92. The second-order valence-electron chi connectivity index (χ2n) is 6.97. The lowest BCUT2D eigenvalue weighted by molar-refractivity contribution is -0.152. The summed E-state index contributed by atoms with van der Waals surface area (Å²) in [6.07, 6.45) is 1.24. The molecule has 0 unspecified atom stereocenters. The fourth-order valence-electron chi connectivity index (χ4n) is 3.69. The number of carbonyl (C=O) groups excluding carboxylic acids is 2. The average molecular weight is 437 g/mol. The topological polar surface area (TPSA) is 58.6 Å². The molecule has 1 saturated heterocycles. The van der Waals surface area contributed by atoms with Crippen LogP contribution in [-0.2, 0) is 19.7 Å². The maximum Gasteiger partial charge on any atom is 0.316 e. The predicted octanol–water partition coefficient (Wildman–Crippen LogP) is 4.30. The molecule has 1 fully saturated rings. The zero-order chi connectivity index (χ0) is 20.0. The Morgan fingerprint density at radius 3 is 2.31 bits per heavy atom. The molecule has 1 heterocycles. The van der Waals surface area contributed by atoms with Gasteiger partial charge in [-0.05, 0) is 37.5 Å². The molecule has 0 atom stereocenters. The molecule has 1 aliphatic heterocycles. The Bertz CT molecular complexity index is 822. The molecule has 7 heteroatoms. The molecule has 1 N–H and O–H groups in total. The van der Waals surface area contributed by atoms with Gasteiger partial charge in [-0.2, -0.15) is 0 Å². The molecule has 0 aromatic heterocycles. The zero-order valence-electron chi connectivity index (χ0n) is 16.4. The highest BCUT2D eigenvalue weighted by atomic mass is 35.5. The van der Waals surface area contributed by atoms with Crippen LogP contribution < -0.4 is 5.32 Å². The summed E-state index contributed by atoms with van der Waals surface area (Å²) in [6.45, 7) is 3.73. The summed E-state index contributed by atoms with van der Waals surface area (Å²) in [4.78, 5) is 27.3. The number of nitrogens with zero attached hydrogens (tertiary/aromatic N) is 1. The molecule has 29 heavy (non-hydrogen) atoms. The van der Waals surface area contributed by atoms with Gasteiger partial charge in [0.1, 0.15) is 0 Å². The Labute approximate surface area is 182 Å². The maximum absolute atomic E-state index is 12.8. The maximum atomic E-state index is 12.8. The summed E-state index contributed by atoms with van der Waals surface area (Å²) < 4.78 is 5.40. The molecule has 0 bridgehead atoms. The van der Waals surface area contributed by atoms with Crippen LogP contribution in [0.4, 0.5) is 5.69 Å². The number of piperidine rings is 1. The molecule has 5 nitrogen and oxygen atoms in total. The van der Waals surface area contributed by atoms with Gasteiger partial charge in [-0.1, -0.05) is 54.1 Å². The lowest BCUT2D eigenvalue weighted by atomic mass is 9.72. The number of benzene rings is 2. The van der Waals surface area contributed by atoms with Crippen molar-refractivity contribution in [2.75, 3.05) is 31.6 Å². The van der Waals surface area contributed by atoms with E-state index in [-0.39, 0.29) is 30.8 Å². The summed E-state index contributed by atoms with van der Waals surface area (Å²) in [6, 6.07) is 17.0. The first-order chi connectivity index (χ1) is 13.5. The molecule has 1 aliphatic rings. The van der Waals surface area contributed by atoms with Crippen LogP contribution in [0.3, 0.4) is 0 Å². The Morgan fingerprint density at radius 1 is 1.07 bits per heavy atom. The number of amides is 1. The van der Waals surface area contributed by atoms with Crippen LogP contribution in [0, 0.1) is 0 Å². The Hall–Kier alpha value is -2.08. The minimum absolute atomic E-state index is 0. The highest BCUT2D eigenvalue weighted by Gasteiger charge is 2.44. The SMILES string of the molecule is CCOC(=O)C1(c2ccccc2)CCN(CC(=O)Nc2ccccc2Cl)CC1.Cl. The van der Waals surface area contributed by atoms with Crippen molar-refractivity contribution in [3.05, 3.63) is 65.2 Å². The number of nitrogens with one attached hydrogen (secondary N) is 1. The Kier molecular flexibility index (Phi) is 8.50. The minimum atomic E-state index is -0.646. The van der Waals surface area contributed by atoms with Gasteiger partial charge < -0.3 is 10.1 Å². The molecule has 0 spiro atoms. The number of likely N-dealkylation sites (tertiary alicyclic amines) is 1.